The summed E-state index contributed by atoms with van der Waals surface area (Å²) >= 11 is 6.09. The highest BCUT2D eigenvalue weighted by Gasteiger charge is 2.19. The van der Waals surface area contributed by atoms with Gasteiger partial charge in [-0.3, -0.25) is 0 Å². The predicted molar refractivity (Wildman–Crippen MR) is 68.9 cm³/mol. The molecule has 2 atom stereocenters. The fraction of sp³-hybridized carbons (Fsp3) is 0.538. The summed E-state index contributed by atoms with van der Waals surface area (Å²) in [5.74, 6) is 0.714. The molecule has 0 aliphatic carbocycles. The Labute approximate surface area is 107 Å². The largest absolute Gasteiger partial charge is 0.495 e. The Morgan fingerprint density at radius 3 is 2.94 bits per heavy atom. The van der Waals surface area contributed by atoms with Gasteiger partial charge in [0.1, 0.15) is 5.75 Å². The van der Waals surface area contributed by atoms with E-state index in [1.807, 2.05) is 18.2 Å². The molecule has 4 heteroatoms. The number of halogens is 1. The molecular weight excluding hydrogens is 238 g/mol. The van der Waals surface area contributed by atoms with Crippen LogP contribution in [0.25, 0.3) is 0 Å². The fourth-order valence-corrected chi connectivity index (χ4v) is 2.37. The maximum Gasteiger partial charge on any atom is 0.137 e. The molecule has 0 amide bonds. The second-order valence-electron chi connectivity index (χ2n) is 4.40. The van der Waals surface area contributed by atoms with Crippen molar-refractivity contribution in [2.45, 2.75) is 25.6 Å². The van der Waals surface area contributed by atoms with Crippen LogP contribution < -0.4 is 10.1 Å². The second kappa shape index (κ2) is 5.71. The summed E-state index contributed by atoms with van der Waals surface area (Å²) in [6, 6.07) is 5.88. The minimum Gasteiger partial charge on any atom is -0.495 e. The molecule has 2 unspecified atom stereocenters. The first-order valence-corrected chi connectivity index (χ1v) is 6.25. The van der Waals surface area contributed by atoms with Gasteiger partial charge in [-0.25, -0.2) is 0 Å². The van der Waals surface area contributed by atoms with Gasteiger partial charge in [0.15, 0.2) is 0 Å². The van der Waals surface area contributed by atoms with Crippen LogP contribution in [0.1, 0.15) is 12.5 Å². The van der Waals surface area contributed by atoms with Crippen molar-refractivity contribution in [1.29, 1.82) is 0 Å². The molecule has 1 fully saturated rings. The second-order valence-corrected chi connectivity index (χ2v) is 4.81. The molecule has 1 saturated heterocycles. The van der Waals surface area contributed by atoms with Gasteiger partial charge < -0.3 is 14.8 Å². The molecule has 1 heterocycles. The lowest BCUT2D eigenvalue weighted by molar-refractivity contribution is -0.0262. The summed E-state index contributed by atoms with van der Waals surface area (Å²) < 4.78 is 11.0. The Morgan fingerprint density at radius 2 is 2.29 bits per heavy atom. The molecule has 1 N–H and O–H groups in total. The van der Waals surface area contributed by atoms with Crippen LogP contribution in [-0.2, 0) is 11.2 Å². The Bertz CT molecular complexity index is 384. The summed E-state index contributed by atoms with van der Waals surface area (Å²) in [4.78, 5) is 0. The van der Waals surface area contributed by atoms with Gasteiger partial charge in [0.05, 0.1) is 24.3 Å². The molecule has 0 saturated carbocycles. The third-order valence-electron chi connectivity index (χ3n) is 2.91. The van der Waals surface area contributed by atoms with Crippen molar-refractivity contribution in [2.75, 3.05) is 20.2 Å². The summed E-state index contributed by atoms with van der Waals surface area (Å²) in [6.07, 6.45) is 1.38. The summed E-state index contributed by atoms with van der Waals surface area (Å²) in [5.41, 5.74) is 1.18. The van der Waals surface area contributed by atoms with Gasteiger partial charge >= 0.3 is 0 Å². The van der Waals surface area contributed by atoms with Crippen LogP contribution in [0.2, 0.25) is 5.02 Å². The molecule has 0 aromatic heterocycles. The van der Waals surface area contributed by atoms with Crippen LogP contribution in [0.3, 0.4) is 0 Å². The summed E-state index contributed by atoms with van der Waals surface area (Å²) in [7, 11) is 1.62. The molecule has 17 heavy (non-hydrogen) atoms. The van der Waals surface area contributed by atoms with Crippen molar-refractivity contribution in [3.8, 4) is 5.75 Å². The van der Waals surface area contributed by atoms with Crippen molar-refractivity contribution in [3.63, 3.8) is 0 Å². The number of nitrogens with one attached hydrogen (secondary N) is 1. The number of hydrogen-bond donors (Lipinski definition) is 1. The van der Waals surface area contributed by atoms with Gasteiger partial charge in [-0.2, -0.15) is 0 Å². The van der Waals surface area contributed by atoms with Gasteiger partial charge in [0.25, 0.3) is 0 Å². The maximum absolute atomic E-state index is 6.09. The average molecular weight is 256 g/mol. The third-order valence-corrected chi connectivity index (χ3v) is 3.20. The number of ether oxygens (including phenoxy) is 2. The first-order valence-electron chi connectivity index (χ1n) is 5.87. The molecule has 0 bridgehead atoms. The molecule has 3 nitrogen and oxygen atoms in total. The molecule has 2 rings (SSSR count). The normalized spacial score (nSPS) is 24.6. The molecule has 94 valence electrons. The van der Waals surface area contributed by atoms with E-state index in [1.54, 1.807) is 7.11 Å². The van der Waals surface area contributed by atoms with Crippen molar-refractivity contribution in [3.05, 3.63) is 28.8 Å². The molecule has 1 aliphatic heterocycles. The minimum absolute atomic E-state index is 0.225. The van der Waals surface area contributed by atoms with E-state index in [0.717, 1.165) is 19.5 Å². The van der Waals surface area contributed by atoms with Crippen molar-refractivity contribution in [2.24, 2.45) is 0 Å². The molecule has 1 aromatic rings. The number of morpholine rings is 1. The SMILES string of the molecule is COc1ccc(CC2CNCC(C)O2)cc1Cl. The van der Waals surface area contributed by atoms with E-state index < -0.39 is 0 Å². The zero-order valence-electron chi connectivity index (χ0n) is 10.2. The van der Waals surface area contributed by atoms with Crippen LogP contribution in [0.5, 0.6) is 5.75 Å². The van der Waals surface area contributed by atoms with E-state index in [1.165, 1.54) is 5.56 Å². The van der Waals surface area contributed by atoms with Crippen molar-refractivity contribution in [1.82, 2.24) is 5.32 Å². The quantitative estimate of drug-likeness (QED) is 0.899. The topological polar surface area (TPSA) is 30.5 Å². The van der Waals surface area contributed by atoms with Gasteiger partial charge in [0, 0.05) is 13.1 Å². The van der Waals surface area contributed by atoms with E-state index in [-0.39, 0.29) is 12.2 Å². The highest BCUT2D eigenvalue weighted by atomic mass is 35.5. The van der Waals surface area contributed by atoms with Crippen LogP contribution in [0.15, 0.2) is 18.2 Å². The Morgan fingerprint density at radius 1 is 1.47 bits per heavy atom. The van der Waals surface area contributed by atoms with Crippen LogP contribution in [-0.4, -0.2) is 32.4 Å². The van der Waals surface area contributed by atoms with Gasteiger partial charge in [0.2, 0.25) is 0 Å². The van der Waals surface area contributed by atoms with E-state index >= 15 is 0 Å². The summed E-state index contributed by atoms with van der Waals surface area (Å²) in [5, 5.41) is 4.01. The van der Waals surface area contributed by atoms with Crippen molar-refractivity contribution >= 4 is 11.6 Å². The Balaban J connectivity index is 2.00. The van der Waals surface area contributed by atoms with Gasteiger partial charge in [-0.15, -0.1) is 0 Å². The average Bonchev–Trinajstić information content (AvgIpc) is 2.29. The Kier molecular flexibility index (Phi) is 4.26. The lowest BCUT2D eigenvalue weighted by Crippen LogP contribution is -2.44. The predicted octanol–water partition coefficient (Wildman–Crippen LogP) is 2.27. The maximum atomic E-state index is 6.09. The molecule has 0 spiro atoms. The van der Waals surface area contributed by atoms with Crippen molar-refractivity contribution < 1.29 is 9.47 Å². The number of methoxy groups -OCH3 is 1. The van der Waals surface area contributed by atoms with E-state index in [2.05, 4.69) is 12.2 Å². The molecule has 1 aromatic carbocycles. The number of hydrogen-bond acceptors (Lipinski definition) is 3. The molecule has 1 aliphatic rings. The van der Waals surface area contributed by atoms with Gasteiger partial charge in [-0.05, 0) is 31.0 Å². The van der Waals surface area contributed by atoms with E-state index in [9.17, 15) is 0 Å². The first kappa shape index (κ1) is 12.7. The fourth-order valence-electron chi connectivity index (χ4n) is 2.09. The number of rotatable bonds is 3. The lowest BCUT2D eigenvalue weighted by atomic mass is 10.1. The van der Waals surface area contributed by atoms with Gasteiger partial charge in [-0.1, -0.05) is 17.7 Å². The minimum atomic E-state index is 0.225. The Hall–Kier alpha value is -0.770. The molecular formula is C13H18ClNO2. The third kappa shape index (κ3) is 3.35. The highest BCUT2D eigenvalue weighted by molar-refractivity contribution is 6.32. The van der Waals surface area contributed by atoms with E-state index in [4.69, 9.17) is 21.1 Å². The standard InChI is InChI=1S/C13H18ClNO2/c1-9-7-15-8-11(17-9)5-10-3-4-13(16-2)12(14)6-10/h3-4,6,9,11,15H,5,7-8H2,1-2H3. The number of benzene rings is 1. The zero-order valence-corrected chi connectivity index (χ0v) is 11.0. The molecule has 0 radical (unpaired) electrons. The van der Waals surface area contributed by atoms with Crippen LogP contribution in [0, 0.1) is 0 Å². The van der Waals surface area contributed by atoms with Crippen LogP contribution in [0.4, 0.5) is 0 Å². The van der Waals surface area contributed by atoms with E-state index in [0.29, 0.717) is 10.8 Å². The smallest absolute Gasteiger partial charge is 0.137 e. The lowest BCUT2D eigenvalue weighted by Gasteiger charge is -2.28. The first-order chi connectivity index (χ1) is 8.19. The highest BCUT2D eigenvalue weighted by Crippen LogP contribution is 2.25. The van der Waals surface area contributed by atoms with Crippen LogP contribution >= 0.6 is 11.6 Å². The summed E-state index contributed by atoms with van der Waals surface area (Å²) in [6.45, 7) is 3.91. The monoisotopic (exact) mass is 255 g/mol. The zero-order chi connectivity index (χ0) is 12.3.